The molecule has 1 fully saturated rings. The van der Waals surface area contributed by atoms with Gasteiger partial charge in [0.25, 0.3) is 0 Å². The SMILES string of the molecule is N#C[C@H](CCc1ccccc1)N[C@@H](CCCCNC(=O)C(F)(F)F)C(=O)N1CCC[C@H]1C(=O)O. The van der Waals surface area contributed by atoms with Crippen LogP contribution in [0, 0.1) is 11.3 Å². The van der Waals surface area contributed by atoms with E-state index in [1.807, 2.05) is 30.3 Å². The zero-order valence-corrected chi connectivity index (χ0v) is 18.7. The highest BCUT2D eigenvalue weighted by molar-refractivity contribution is 5.87. The number of alkyl halides is 3. The first kappa shape index (κ1) is 27.1. The number of nitriles is 1. The van der Waals surface area contributed by atoms with E-state index in [0.717, 1.165) is 5.56 Å². The Hall–Kier alpha value is -3.13. The molecule has 1 saturated heterocycles. The second kappa shape index (κ2) is 12.9. The zero-order valence-electron chi connectivity index (χ0n) is 18.7. The van der Waals surface area contributed by atoms with E-state index in [-0.39, 0.29) is 25.9 Å². The Morgan fingerprint density at radius 2 is 1.88 bits per heavy atom. The molecule has 0 spiro atoms. The van der Waals surface area contributed by atoms with E-state index in [4.69, 9.17) is 0 Å². The van der Waals surface area contributed by atoms with E-state index < -0.39 is 42.1 Å². The van der Waals surface area contributed by atoms with Crippen LogP contribution in [0.15, 0.2) is 30.3 Å². The maximum Gasteiger partial charge on any atom is 0.471 e. The number of unbranched alkanes of at least 4 members (excludes halogenated alkanes) is 1. The standard InChI is InChI=1S/C23H29F3N4O4/c24-23(25,26)22(34)28-13-5-4-9-18(20(31)30-14-6-10-19(30)21(32)33)29-17(15-27)12-11-16-7-2-1-3-8-16/h1-3,7-8,17-19,29H,4-6,9-14H2,(H,28,34)(H,32,33)/t17-,18-,19-/m0/s1. The van der Waals surface area contributed by atoms with Crippen LogP contribution in [0.5, 0.6) is 0 Å². The normalized spacial score (nSPS) is 17.6. The number of benzene rings is 1. The topological polar surface area (TPSA) is 123 Å². The van der Waals surface area contributed by atoms with Crippen molar-refractivity contribution in [1.29, 1.82) is 5.26 Å². The molecule has 186 valence electrons. The molecule has 1 aliphatic rings. The first-order valence-electron chi connectivity index (χ1n) is 11.2. The fourth-order valence-electron chi connectivity index (χ4n) is 3.92. The van der Waals surface area contributed by atoms with Crippen molar-refractivity contribution >= 4 is 17.8 Å². The number of likely N-dealkylation sites (tertiary alicyclic amines) is 1. The van der Waals surface area contributed by atoms with E-state index in [1.165, 1.54) is 4.90 Å². The molecule has 0 aromatic heterocycles. The lowest BCUT2D eigenvalue weighted by Gasteiger charge is -2.29. The Labute approximate surface area is 196 Å². The summed E-state index contributed by atoms with van der Waals surface area (Å²) in [5.74, 6) is -3.56. The number of carbonyl (C=O) groups excluding carboxylic acids is 2. The summed E-state index contributed by atoms with van der Waals surface area (Å²) in [7, 11) is 0. The third-order valence-electron chi connectivity index (χ3n) is 5.70. The minimum absolute atomic E-state index is 0.188. The van der Waals surface area contributed by atoms with Gasteiger partial charge in [-0.3, -0.25) is 14.9 Å². The quantitative estimate of drug-likeness (QED) is 0.393. The summed E-state index contributed by atoms with van der Waals surface area (Å²) in [4.78, 5) is 36.9. The lowest BCUT2D eigenvalue weighted by molar-refractivity contribution is -0.173. The number of aryl methyl sites for hydroxylation is 1. The molecule has 0 unspecified atom stereocenters. The molecule has 1 aromatic carbocycles. The van der Waals surface area contributed by atoms with Crippen molar-refractivity contribution in [2.45, 2.75) is 69.2 Å². The van der Waals surface area contributed by atoms with Crippen molar-refractivity contribution in [3.8, 4) is 6.07 Å². The third kappa shape index (κ3) is 8.33. The maximum atomic E-state index is 13.2. The summed E-state index contributed by atoms with van der Waals surface area (Å²) >= 11 is 0. The molecule has 0 aliphatic carbocycles. The van der Waals surface area contributed by atoms with Gasteiger partial charge in [-0.1, -0.05) is 30.3 Å². The highest BCUT2D eigenvalue weighted by Gasteiger charge is 2.39. The van der Waals surface area contributed by atoms with Crippen molar-refractivity contribution in [3.63, 3.8) is 0 Å². The van der Waals surface area contributed by atoms with Crippen molar-refractivity contribution in [1.82, 2.24) is 15.5 Å². The first-order chi connectivity index (χ1) is 16.1. The number of aliphatic carboxylic acids is 1. The molecule has 1 heterocycles. The minimum Gasteiger partial charge on any atom is -0.480 e. The van der Waals surface area contributed by atoms with Crippen LogP contribution in [-0.2, 0) is 20.8 Å². The smallest absolute Gasteiger partial charge is 0.471 e. The minimum atomic E-state index is -4.96. The van der Waals surface area contributed by atoms with Gasteiger partial charge in [-0.05, 0) is 50.5 Å². The number of amides is 2. The van der Waals surface area contributed by atoms with Crippen LogP contribution in [0.3, 0.4) is 0 Å². The summed E-state index contributed by atoms with van der Waals surface area (Å²) in [6, 6.07) is 9.15. The van der Waals surface area contributed by atoms with Gasteiger partial charge < -0.3 is 15.3 Å². The molecule has 0 radical (unpaired) electrons. The van der Waals surface area contributed by atoms with Gasteiger partial charge in [0.15, 0.2) is 0 Å². The molecular weight excluding hydrogens is 453 g/mol. The first-order valence-corrected chi connectivity index (χ1v) is 11.2. The summed E-state index contributed by atoms with van der Waals surface area (Å²) < 4.78 is 36.9. The van der Waals surface area contributed by atoms with Crippen LogP contribution in [-0.4, -0.2) is 65.2 Å². The molecule has 34 heavy (non-hydrogen) atoms. The maximum absolute atomic E-state index is 13.2. The van der Waals surface area contributed by atoms with Crippen LogP contribution in [0.25, 0.3) is 0 Å². The van der Waals surface area contributed by atoms with E-state index in [0.29, 0.717) is 32.1 Å². The largest absolute Gasteiger partial charge is 0.480 e. The van der Waals surface area contributed by atoms with Gasteiger partial charge in [-0.2, -0.15) is 18.4 Å². The number of halogens is 3. The Bertz CT molecular complexity index is 873. The molecule has 3 atom stereocenters. The van der Waals surface area contributed by atoms with Gasteiger partial charge in [-0.25, -0.2) is 4.79 Å². The zero-order chi connectivity index (χ0) is 25.1. The van der Waals surface area contributed by atoms with E-state index >= 15 is 0 Å². The third-order valence-corrected chi connectivity index (χ3v) is 5.70. The highest BCUT2D eigenvalue weighted by Crippen LogP contribution is 2.20. The van der Waals surface area contributed by atoms with Gasteiger partial charge in [0.2, 0.25) is 5.91 Å². The number of carboxylic acid groups (broad SMARTS) is 1. The number of nitrogens with one attached hydrogen (secondary N) is 2. The fourth-order valence-corrected chi connectivity index (χ4v) is 3.92. The monoisotopic (exact) mass is 482 g/mol. The van der Waals surface area contributed by atoms with Crippen LogP contribution < -0.4 is 10.6 Å². The van der Waals surface area contributed by atoms with Crippen molar-refractivity contribution < 1.29 is 32.7 Å². The summed E-state index contributed by atoms with van der Waals surface area (Å²) in [6.07, 6.45) is -2.37. The highest BCUT2D eigenvalue weighted by atomic mass is 19.4. The second-order valence-electron chi connectivity index (χ2n) is 8.20. The molecule has 2 amide bonds. The molecule has 1 aromatic rings. The molecule has 0 bridgehead atoms. The van der Waals surface area contributed by atoms with Gasteiger partial charge in [-0.15, -0.1) is 0 Å². The lowest BCUT2D eigenvalue weighted by Crippen LogP contribution is -2.52. The average Bonchev–Trinajstić information content (AvgIpc) is 3.30. The molecular formula is C23H29F3N4O4. The second-order valence-corrected chi connectivity index (χ2v) is 8.20. The predicted octanol–water partition coefficient (Wildman–Crippen LogP) is 2.39. The van der Waals surface area contributed by atoms with Gasteiger partial charge >= 0.3 is 18.1 Å². The van der Waals surface area contributed by atoms with Gasteiger partial charge in [0.1, 0.15) is 6.04 Å². The molecule has 1 aliphatic heterocycles. The number of hydrogen-bond acceptors (Lipinski definition) is 5. The number of rotatable bonds is 12. The molecule has 8 nitrogen and oxygen atoms in total. The Morgan fingerprint density at radius 3 is 2.50 bits per heavy atom. The van der Waals surface area contributed by atoms with Crippen molar-refractivity contribution in [2.24, 2.45) is 0 Å². The van der Waals surface area contributed by atoms with E-state index in [2.05, 4.69) is 11.4 Å². The van der Waals surface area contributed by atoms with Crippen molar-refractivity contribution in [3.05, 3.63) is 35.9 Å². The Kier molecular flexibility index (Phi) is 10.3. The molecule has 2 rings (SSSR count). The molecule has 3 N–H and O–H groups in total. The lowest BCUT2D eigenvalue weighted by atomic mass is 10.0. The number of hydrogen-bond donors (Lipinski definition) is 3. The molecule has 11 heteroatoms. The fraction of sp³-hybridized carbons (Fsp3) is 0.565. The predicted molar refractivity (Wildman–Crippen MR) is 116 cm³/mol. The van der Waals surface area contributed by atoms with E-state index in [1.54, 1.807) is 5.32 Å². The number of carbonyl (C=O) groups is 3. The number of carboxylic acids is 1. The summed E-state index contributed by atoms with van der Waals surface area (Å²) in [5.41, 5.74) is 1.03. The average molecular weight is 483 g/mol. The van der Waals surface area contributed by atoms with Crippen LogP contribution >= 0.6 is 0 Å². The van der Waals surface area contributed by atoms with Crippen molar-refractivity contribution in [2.75, 3.05) is 13.1 Å². The van der Waals surface area contributed by atoms with Crippen LogP contribution in [0.1, 0.15) is 44.1 Å². The van der Waals surface area contributed by atoms with Crippen LogP contribution in [0.4, 0.5) is 13.2 Å². The van der Waals surface area contributed by atoms with Gasteiger partial charge in [0.05, 0.1) is 18.2 Å². The van der Waals surface area contributed by atoms with Gasteiger partial charge in [0, 0.05) is 13.1 Å². The Morgan fingerprint density at radius 1 is 1.18 bits per heavy atom. The summed E-state index contributed by atoms with van der Waals surface area (Å²) in [5, 5.41) is 23.8. The van der Waals surface area contributed by atoms with E-state index in [9.17, 15) is 37.9 Å². The van der Waals surface area contributed by atoms with Crippen LogP contribution in [0.2, 0.25) is 0 Å². The summed E-state index contributed by atoms with van der Waals surface area (Å²) in [6.45, 7) is 0.0766. The Balaban J connectivity index is 1.99. The molecule has 0 saturated carbocycles. The number of nitrogens with zero attached hydrogens (tertiary/aromatic N) is 2.